The van der Waals surface area contributed by atoms with E-state index in [1.54, 1.807) is 0 Å². The summed E-state index contributed by atoms with van der Waals surface area (Å²) in [6, 6.07) is -0.0230. The van der Waals surface area contributed by atoms with E-state index in [9.17, 15) is 0 Å². The summed E-state index contributed by atoms with van der Waals surface area (Å²) in [6.45, 7) is 8.57. The highest BCUT2D eigenvalue weighted by atomic mass is 32.1. The van der Waals surface area contributed by atoms with Crippen LogP contribution >= 0.6 is 11.5 Å². The van der Waals surface area contributed by atoms with E-state index in [2.05, 4.69) is 45.2 Å². The molecule has 4 rings (SSSR count). The first kappa shape index (κ1) is 16.1. The molecule has 2 aromatic rings. The molecule has 0 N–H and O–H groups in total. The Labute approximate surface area is 145 Å². The Morgan fingerprint density at radius 1 is 1.29 bits per heavy atom. The van der Waals surface area contributed by atoms with Gasteiger partial charge in [-0.3, -0.25) is 4.90 Å². The Morgan fingerprint density at radius 2 is 2.12 bits per heavy atom. The summed E-state index contributed by atoms with van der Waals surface area (Å²) in [5.41, 5.74) is 0. The number of aromatic nitrogens is 4. The highest BCUT2D eigenvalue weighted by Gasteiger charge is 2.37. The fraction of sp³-hybridized carbons (Fsp3) is 0.750. The maximum atomic E-state index is 5.84. The normalized spacial score (nSPS) is 25.5. The molecule has 0 amide bonds. The van der Waals surface area contributed by atoms with Gasteiger partial charge in [0.1, 0.15) is 16.9 Å². The van der Waals surface area contributed by atoms with Gasteiger partial charge in [-0.25, -0.2) is 4.98 Å². The molecule has 0 bridgehead atoms. The predicted octanol–water partition coefficient (Wildman–Crippen LogP) is 2.88. The van der Waals surface area contributed by atoms with Crippen molar-refractivity contribution < 1.29 is 9.26 Å². The van der Waals surface area contributed by atoms with Gasteiger partial charge in [-0.15, -0.1) is 0 Å². The molecule has 1 aliphatic heterocycles. The molecule has 1 aliphatic carbocycles. The third kappa shape index (κ3) is 3.22. The van der Waals surface area contributed by atoms with Gasteiger partial charge >= 0.3 is 0 Å². The van der Waals surface area contributed by atoms with E-state index in [-0.39, 0.29) is 12.1 Å². The lowest BCUT2D eigenvalue weighted by molar-refractivity contribution is -0.0763. The van der Waals surface area contributed by atoms with Crippen molar-refractivity contribution in [3.63, 3.8) is 0 Å². The molecule has 1 saturated carbocycles. The van der Waals surface area contributed by atoms with Crippen LogP contribution in [-0.2, 0) is 11.3 Å². The minimum absolute atomic E-state index is 0.0174. The second-order valence-electron chi connectivity index (χ2n) is 6.96. The lowest BCUT2D eigenvalue weighted by Gasteiger charge is -2.37. The van der Waals surface area contributed by atoms with Gasteiger partial charge in [0.2, 0.25) is 5.89 Å². The molecule has 0 unspecified atom stereocenters. The number of morpholine rings is 1. The van der Waals surface area contributed by atoms with Crippen molar-refractivity contribution >= 4 is 11.5 Å². The van der Waals surface area contributed by atoms with Crippen LogP contribution in [0.25, 0.3) is 0 Å². The van der Waals surface area contributed by atoms with Gasteiger partial charge < -0.3 is 9.26 Å². The quantitative estimate of drug-likeness (QED) is 0.821. The van der Waals surface area contributed by atoms with E-state index in [4.69, 9.17) is 9.26 Å². The zero-order chi connectivity index (χ0) is 16.7. The Balaban J connectivity index is 1.54. The maximum absolute atomic E-state index is 5.84. The fourth-order valence-corrected chi connectivity index (χ4v) is 3.84. The Kier molecular flexibility index (Phi) is 4.36. The minimum atomic E-state index is -0.0230. The number of ether oxygens (including phenoxy) is 1. The Bertz CT molecular complexity index is 696. The Hall–Kier alpha value is -1.38. The Morgan fingerprint density at radius 3 is 2.83 bits per heavy atom. The number of rotatable bonds is 5. The first-order chi connectivity index (χ1) is 11.6. The lowest BCUT2D eigenvalue weighted by atomic mass is 10.1. The van der Waals surface area contributed by atoms with Gasteiger partial charge in [0.05, 0.1) is 19.3 Å². The van der Waals surface area contributed by atoms with Crippen molar-refractivity contribution in [1.82, 2.24) is 24.4 Å². The summed E-state index contributed by atoms with van der Waals surface area (Å²) < 4.78 is 15.9. The van der Waals surface area contributed by atoms with Gasteiger partial charge in [-0.1, -0.05) is 19.0 Å². The highest BCUT2D eigenvalue weighted by Crippen LogP contribution is 2.39. The van der Waals surface area contributed by atoms with Crippen LogP contribution in [0.3, 0.4) is 0 Å². The van der Waals surface area contributed by atoms with Gasteiger partial charge in [0, 0.05) is 18.4 Å². The number of nitrogens with zero attached hydrogens (tertiary/aromatic N) is 5. The third-order valence-corrected chi connectivity index (χ3v) is 5.30. The fourth-order valence-electron chi connectivity index (χ4n) is 3.03. The maximum Gasteiger partial charge on any atom is 0.246 e. The first-order valence-electron chi connectivity index (χ1n) is 8.63. The van der Waals surface area contributed by atoms with Crippen LogP contribution in [-0.4, -0.2) is 43.7 Å². The highest BCUT2D eigenvalue weighted by molar-refractivity contribution is 7.05. The van der Waals surface area contributed by atoms with Crippen molar-refractivity contribution in [2.45, 2.75) is 64.1 Å². The average Bonchev–Trinajstić information content (AvgIpc) is 3.09. The third-order valence-electron chi connectivity index (χ3n) is 4.59. The smallest absolute Gasteiger partial charge is 0.246 e. The van der Waals surface area contributed by atoms with E-state index >= 15 is 0 Å². The zero-order valence-corrected chi connectivity index (χ0v) is 15.1. The molecule has 130 valence electrons. The van der Waals surface area contributed by atoms with Gasteiger partial charge in [-0.2, -0.15) is 9.36 Å². The molecular formula is C16H23N5O2S. The number of hydrogen-bond acceptors (Lipinski definition) is 8. The van der Waals surface area contributed by atoms with Crippen molar-refractivity contribution in [3.05, 3.63) is 22.5 Å². The van der Waals surface area contributed by atoms with Crippen molar-refractivity contribution in [2.24, 2.45) is 0 Å². The monoisotopic (exact) mass is 349 g/mol. The standard InChI is InChI=1S/C16H23N5O2S/c1-9(2)14-17-12(24-20-14)8-21-6-7-22-10(3)13(21)16-18-15(19-23-16)11-4-5-11/h9-11,13H,4-8H2,1-3H3/t10-,13+/m1/s1. The van der Waals surface area contributed by atoms with Gasteiger partial charge in [0.15, 0.2) is 5.82 Å². The van der Waals surface area contributed by atoms with Crippen LogP contribution < -0.4 is 0 Å². The lowest BCUT2D eigenvalue weighted by Crippen LogP contribution is -2.43. The SMILES string of the molecule is CC(C)c1nsc(CN2CCO[C@H](C)[C@H]2c2nc(C3CC3)no2)n1. The second-order valence-corrected chi connectivity index (χ2v) is 7.79. The van der Waals surface area contributed by atoms with Crippen LogP contribution in [0, 0.1) is 0 Å². The molecule has 2 fully saturated rings. The van der Waals surface area contributed by atoms with Crippen LogP contribution in [0.2, 0.25) is 0 Å². The molecule has 7 nitrogen and oxygen atoms in total. The molecule has 2 aliphatic rings. The molecule has 1 saturated heterocycles. The van der Waals surface area contributed by atoms with Gasteiger partial charge in [-0.05, 0) is 31.3 Å². The molecule has 3 heterocycles. The van der Waals surface area contributed by atoms with Crippen molar-refractivity contribution in [3.8, 4) is 0 Å². The molecular weight excluding hydrogens is 326 g/mol. The topological polar surface area (TPSA) is 77.2 Å². The van der Waals surface area contributed by atoms with E-state index in [1.807, 2.05) is 0 Å². The summed E-state index contributed by atoms with van der Waals surface area (Å²) in [5, 5.41) is 5.19. The van der Waals surface area contributed by atoms with E-state index in [0.717, 1.165) is 29.7 Å². The van der Waals surface area contributed by atoms with E-state index < -0.39 is 0 Å². The second kappa shape index (κ2) is 6.50. The predicted molar refractivity (Wildman–Crippen MR) is 88.8 cm³/mol. The molecule has 2 aromatic heterocycles. The first-order valence-corrected chi connectivity index (χ1v) is 9.40. The summed E-state index contributed by atoms with van der Waals surface area (Å²) >= 11 is 1.48. The van der Waals surface area contributed by atoms with Crippen LogP contribution in [0.1, 0.15) is 74.0 Å². The molecule has 0 radical (unpaired) electrons. The average molecular weight is 349 g/mol. The van der Waals surface area contributed by atoms with Crippen LogP contribution in [0.4, 0.5) is 0 Å². The zero-order valence-electron chi connectivity index (χ0n) is 14.3. The van der Waals surface area contributed by atoms with Crippen LogP contribution in [0.5, 0.6) is 0 Å². The van der Waals surface area contributed by atoms with E-state index in [1.165, 1.54) is 24.4 Å². The molecule has 24 heavy (non-hydrogen) atoms. The summed E-state index contributed by atoms with van der Waals surface area (Å²) in [7, 11) is 0. The van der Waals surface area contributed by atoms with Crippen LogP contribution in [0.15, 0.2) is 4.52 Å². The number of hydrogen-bond donors (Lipinski definition) is 0. The molecule has 8 heteroatoms. The van der Waals surface area contributed by atoms with Gasteiger partial charge in [0.25, 0.3) is 0 Å². The van der Waals surface area contributed by atoms with Crippen molar-refractivity contribution in [1.29, 1.82) is 0 Å². The summed E-state index contributed by atoms with van der Waals surface area (Å²) in [5.74, 6) is 3.28. The minimum Gasteiger partial charge on any atom is -0.375 e. The van der Waals surface area contributed by atoms with Crippen molar-refractivity contribution in [2.75, 3.05) is 13.2 Å². The molecule has 2 atom stereocenters. The molecule has 0 spiro atoms. The molecule has 0 aromatic carbocycles. The largest absolute Gasteiger partial charge is 0.375 e. The summed E-state index contributed by atoms with van der Waals surface area (Å²) in [4.78, 5) is 11.6. The van der Waals surface area contributed by atoms with E-state index in [0.29, 0.717) is 24.3 Å². The summed E-state index contributed by atoms with van der Waals surface area (Å²) in [6.07, 6.45) is 2.35.